The van der Waals surface area contributed by atoms with E-state index in [9.17, 15) is 18.0 Å². The molecule has 0 saturated heterocycles. The van der Waals surface area contributed by atoms with Crippen molar-refractivity contribution >= 4 is 17.4 Å². The molecule has 0 saturated carbocycles. The zero-order valence-corrected chi connectivity index (χ0v) is 14.6. The van der Waals surface area contributed by atoms with Gasteiger partial charge in [0.1, 0.15) is 17.8 Å². The van der Waals surface area contributed by atoms with Crippen molar-refractivity contribution < 1.29 is 18.0 Å². The molecular formula is C20H15F3N4O. The maximum atomic E-state index is 13.8. The van der Waals surface area contributed by atoms with Crippen LogP contribution in [0.1, 0.15) is 21.6 Å². The summed E-state index contributed by atoms with van der Waals surface area (Å²) in [4.78, 5) is 22.5. The van der Waals surface area contributed by atoms with Crippen molar-refractivity contribution in [3.05, 3.63) is 83.1 Å². The highest BCUT2D eigenvalue weighted by molar-refractivity contribution is 6.03. The lowest BCUT2D eigenvalue weighted by Gasteiger charge is -2.29. The van der Waals surface area contributed by atoms with Crippen molar-refractivity contribution in [2.45, 2.75) is 13.0 Å². The number of benzene rings is 2. The molecule has 0 bridgehead atoms. The molecule has 1 aromatic heterocycles. The number of carbonyl (C=O) groups is 1. The van der Waals surface area contributed by atoms with E-state index in [1.54, 1.807) is 0 Å². The number of halogens is 3. The molecule has 2 aromatic carbocycles. The molecule has 8 heteroatoms. The predicted molar refractivity (Wildman–Crippen MR) is 97.5 cm³/mol. The molecule has 28 heavy (non-hydrogen) atoms. The van der Waals surface area contributed by atoms with Crippen LogP contribution in [0.25, 0.3) is 0 Å². The summed E-state index contributed by atoms with van der Waals surface area (Å²) >= 11 is 0. The maximum Gasteiger partial charge on any atom is 0.274 e. The fourth-order valence-corrected chi connectivity index (χ4v) is 3.14. The Hall–Kier alpha value is -3.42. The van der Waals surface area contributed by atoms with E-state index in [1.807, 2.05) is 23.1 Å². The minimum atomic E-state index is -1.65. The number of rotatable bonds is 3. The van der Waals surface area contributed by atoms with Gasteiger partial charge in [-0.1, -0.05) is 24.3 Å². The number of hydrogen-bond acceptors (Lipinski definition) is 4. The van der Waals surface area contributed by atoms with E-state index in [0.29, 0.717) is 12.4 Å². The molecule has 1 N–H and O–H groups in total. The van der Waals surface area contributed by atoms with Crippen LogP contribution >= 0.6 is 0 Å². The van der Waals surface area contributed by atoms with Gasteiger partial charge in [0, 0.05) is 19.2 Å². The van der Waals surface area contributed by atoms with E-state index < -0.39 is 29.0 Å². The second kappa shape index (κ2) is 7.30. The average Bonchev–Trinajstić information content (AvgIpc) is 2.74. The van der Waals surface area contributed by atoms with Gasteiger partial charge in [0.25, 0.3) is 5.91 Å². The molecule has 0 fully saturated rings. The summed E-state index contributed by atoms with van der Waals surface area (Å²) in [5.74, 6) is -4.62. The highest BCUT2D eigenvalue weighted by atomic mass is 19.2. The second-order valence-electron chi connectivity index (χ2n) is 6.38. The Labute approximate surface area is 158 Å². The van der Waals surface area contributed by atoms with Crippen LogP contribution in [-0.2, 0) is 13.0 Å². The third kappa shape index (κ3) is 3.40. The summed E-state index contributed by atoms with van der Waals surface area (Å²) in [6.45, 7) is 1.37. The van der Waals surface area contributed by atoms with Crippen LogP contribution in [0.5, 0.6) is 0 Å². The first-order chi connectivity index (χ1) is 13.5. The van der Waals surface area contributed by atoms with Crippen molar-refractivity contribution in [1.82, 2.24) is 9.97 Å². The first-order valence-corrected chi connectivity index (χ1v) is 8.61. The van der Waals surface area contributed by atoms with E-state index in [4.69, 9.17) is 0 Å². The topological polar surface area (TPSA) is 58.1 Å². The number of fused-ring (bicyclic) bond motifs is 1. The Morgan fingerprint density at radius 3 is 2.61 bits per heavy atom. The van der Waals surface area contributed by atoms with Gasteiger partial charge in [-0.2, -0.15) is 0 Å². The molecule has 0 unspecified atom stereocenters. The third-order valence-corrected chi connectivity index (χ3v) is 4.62. The van der Waals surface area contributed by atoms with Gasteiger partial charge < -0.3 is 10.2 Å². The van der Waals surface area contributed by atoms with Gasteiger partial charge in [-0.15, -0.1) is 0 Å². The minimum absolute atomic E-state index is 0.00649. The lowest BCUT2D eigenvalue weighted by molar-refractivity contribution is 0.102. The number of hydrogen-bond donors (Lipinski definition) is 1. The number of amides is 1. The Morgan fingerprint density at radius 2 is 1.79 bits per heavy atom. The van der Waals surface area contributed by atoms with Crippen LogP contribution in [0.2, 0.25) is 0 Å². The highest BCUT2D eigenvalue weighted by Gasteiger charge is 2.20. The van der Waals surface area contributed by atoms with Crippen molar-refractivity contribution in [2.24, 2.45) is 0 Å². The molecule has 0 spiro atoms. The summed E-state index contributed by atoms with van der Waals surface area (Å²) in [7, 11) is 0. The monoisotopic (exact) mass is 384 g/mol. The molecule has 4 rings (SSSR count). The Morgan fingerprint density at radius 1 is 1.00 bits per heavy atom. The number of nitrogens with one attached hydrogen (secondary N) is 1. The van der Waals surface area contributed by atoms with Crippen LogP contribution in [0, 0.1) is 17.5 Å². The number of anilines is 2. The summed E-state index contributed by atoms with van der Waals surface area (Å²) in [6, 6.07) is 11.3. The summed E-state index contributed by atoms with van der Waals surface area (Å²) in [5.41, 5.74) is 1.99. The van der Waals surface area contributed by atoms with Crippen LogP contribution in [-0.4, -0.2) is 22.4 Å². The standard InChI is InChI=1S/C20H15F3N4O/c21-14-5-6-15(19(23)18(14)22)26-20(28)16-9-17(25-11-24-16)27-8-7-12-3-1-2-4-13(12)10-27/h1-6,9,11H,7-8,10H2,(H,26,28). The molecular weight excluding hydrogens is 369 g/mol. The first-order valence-electron chi connectivity index (χ1n) is 8.61. The molecule has 1 amide bonds. The van der Waals surface area contributed by atoms with Gasteiger partial charge in [-0.05, 0) is 29.7 Å². The largest absolute Gasteiger partial charge is 0.352 e. The van der Waals surface area contributed by atoms with Gasteiger partial charge in [0.05, 0.1) is 5.69 Å². The SMILES string of the molecule is O=C(Nc1ccc(F)c(F)c1F)c1cc(N2CCc3ccccc3C2)ncn1. The summed E-state index contributed by atoms with van der Waals surface area (Å²) < 4.78 is 40.1. The molecule has 3 aromatic rings. The number of nitrogens with zero attached hydrogens (tertiary/aromatic N) is 3. The molecule has 1 aliphatic rings. The van der Waals surface area contributed by atoms with Gasteiger partial charge in [0.2, 0.25) is 0 Å². The van der Waals surface area contributed by atoms with Crippen LogP contribution < -0.4 is 10.2 Å². The Bertz CT molecular complexity index is 1060. The molecule has 0 atom stereocenters. The first kappa shape index (κ1) is 18.0. The predicted octanol–water partition coefficient (Wildman–Crippen LogP) is 3.71. The average molecular weight is 384 g/mol. The highest BCUT2D eigenvalue weighted by Crippen LogP contribution is 2.24. The van der Waals surface area contributed by atoms with Gasteiger partial charge in [-0.25, -0.2) is 23.1 Å². The van der Waals surface area contributed by atoms with Gasteiger partial charge >= 0.3 is 0 Å². The van der Waals surface area contributed by atoms with E-state index in [1.165, 1.54) is 23.5 Å². The van der Waals surface area contributed by atoms with Crippen molar-refractivity contribution in [3.63, 3.8) is 0 Å². The quantitative estimate of drug-likeness (QED) is 0.700. The Balaban J connectivity index is 1.54. The fourth-order valence-electron chi connectivity index (χ4n) is 3.14. The van der Waals surface area contributed by atoms with Crippen LogP contribution in [0.4, 0.5) is 24.7 Å². The second-order valence-corrected chi connectivity index (χ2v) is 6.38. The lowest BCUT2D eigenvalue weighted by atomic mass is 10.00. The molecule has 0 radical (unpaired) electrons. The minimum Gasteiger partial charge on any atom is -0.352 e. The molecule has 0 aliphatic carbocycles. The Kier molecular flexibility index (Phi) is 4.68. The van der Waals surface area contributed by atoms with Crippen LogP contribution in [0.15, 0.2) is 48.8 Å². The normalized spacial score (nSPS) is 13.2. The lowest BCUT2D eigenvalue weighted by Crippen LogP contribution is -2.31. The van der Waals surface area contributed by atoms with Gasteiger partial charge in [0.15, 0.2) is 17.5 Å². The van der Waals surface area contributed by atoms with E-state index >= 15 is 0 Å². The third-order valence-electron chi connectivity index (χ3n) is 4.62. The molecule has 2 heterocycles. The summed E-state index contributed by atoms with van der Waals surface area (Å²) in [6.07, 6.45) is 2.09. The maximum absolute atomic E-state index is 13.8. The van der Waals surface area contributed by atoms with E-state index in [2.05, 4.69) is 21.4 Å². The van der Waals surface area contributed by atoms with Crippen molar-refractivity contribution in [1.29, 1.82) is 0 Å². The molecule has 142 valence electrons. The molecule has 1 aliphatic heterocycles. The number of carbonyl (C=O) groups excluding carboxylic acids is 1. The number of aromatic nitrogens is 2. The van der Waals surface area contributed by atoms with Crippen molar-refractivity contribution in [3.8, 4) is 0 Å². The zero-order chi connectivity index (χ0) is 19.7. The zero-order valence-electron chi connectivity index (χ0n) is 14.6. The smallest absolute Gasteiger partial charge is 0.274 e. The fraction of sp³-hybridized carbons (Fsp3) is 0.150. The van der Waals surface area contributed by atoms with E-state index in [-0.39, 0.29) is 5.69 Å². The van der Waals surface area contributed by atoms with Crippen molar-refractivity contribution in [2.75, 3.05) is 16.8 Å². The van der Waals surface area contributed by atoms with Gasteiger partial charge in [-0.3, -0.25) is 4.79 Å². The van der Waals surface area contributed by atoms with Crippen LogP contribution in [0.3, 0.4) is 0 Å². The molecule has 5 nitrogen and oxygen atoms in total. The van der Waals surface area contributed by atoms with E-state index in [0.717, 1.165) is 25.1 Å². The summed E-state index contributed by atoms with van der Waals surface area (Å²) in [5, 5.41) is 2.21.